The van der Waals surface area contributed by atoms with Crippen molar-refractivity contribution >= 4 is 17.9 Å². The van der Waals surface area contributed by atoms with Crippen molar-refractivity contribution in [3.63, 3.8) is 0 Å². The molecule has 0 saturated carbocycles. The minimum absolute atomic E-state index is 0. The third-order valence-electron chi connectivity index (χ3n) is 7.45. The molecule has 0 saturated heterocycles. The van der Waals surface area contributed by atoms with Crippen molar-refractivity contribution < 1.29 is 71.0 Å². The van der Waals surface area contributed by atoms with Crippen LogP contribution in [0.2, 0.25) is 0 Å². The van der Waals surface area contributed by atoms with Gasteiger partial charge in [0.25, 0.3) is 0 Å². The normalized spacial score (nSPS) is 10.1. The molecule has 0 radical (unpaired) electrons. The first-order valence-electron chi connectivity index (χ1n) is 17.9. The second kappa shape index (κ2) is 46.2. The molecule has 0 fully saturated rings. The third kappa shape index (κ3) is 61.5. The van der Waals surface area contributed by atoms with Crippen LogP contribution in [0.25, 0.3) is 0 Å². The number of carbonyl (C=O) groups excluding carboxylic acids is 3. The molecule has 43 heavy (non-hydrogen) atoms. The van der Waals surface area contributed by atoms with Crippen molar-refractivity contribution in [2.45, 2.75) is 213 Å². The van der Waals surface area contributed by atoms with E-state index in [-0.39, 0.29) is 60.6 Å². The molecule has 0 atom stereocenters. The van der Waals surface area contributed by atoms with Crippen LogP contribution in [0.4, 0.5) is 0 Å². The van der Waals surface area contributed by atoms with Gasteiger partial charge in [-0.1, -0.05) is 175 Å². The van der Waals surface area contributed by atoms with Crippen LogP contribution in [0.5, 0.6) is 0 Å². The van der Waals surface area contributed by atoms with E-state index in [4.69, 9.17) is 0 Å². The van der Waals surface area contributed by atoms with Crippen LogP contribution in [-0.2, 0) is 14.4 Å². The fourth-order valence-corrected chi connectivity index (χ4v) is 4.74. The van der Waals surface area contributed by atoms with Crippen LogP contribution in [0, 0.1) is 41.3 Å². The molecule has 0 aromatic carbocycles. The Labute approximate surface area is 300 Å². The van der Waals surface area contributed by atoms with Gasteiger partial charge in [-0.05, 0) is 38.5 Å². The molecule has 0 aliphatic rings. The standard InChI is InChI=1S/3C12H24O2.Pr/c3*1-2-3-4-5-6-7-8-9-10-11-12(13)14;/h3*2-11H2,1H3,(H,13,14);/q;;;+3/p-3. The molecule has 0 unspecified atom stereocenters. The van der Waals surface area contributed by atoms with E-state index in [1.54, 1.807) is 0 Å². The molecular weight excluding hydrogens is 669 g/mol. The average Bonchev–Trinajstić information content (AvgIpc) is 2.95. The number of rotatable bonds is 30. The maximum atomic E-state index is 10.1. The predicted molar refractivity (Wildman–Crippen MR) is 171 cm³/mol. The van der Waals surface area contributed by atoms with Gasteiger partial charge >= 0.3 is 41.3 Å². The number of aliphatic carboxylic acids is 3. The summed E-state index contributed by atoms with van der Waals surface area (Å²) in [5.74, 6) is -2.73. The van der Waals surface area contributed by atoms with Crippen LogP contribution >= 0.6 is 0 Å². The van der Waals surface area contributed by atoms with Crippen molar-refractivity contribution in [1.82, 2.24) is 0 Å². The number of carbonyl (C=O) groups is 3. The zero-order valence-corrected chi connectivity index (χ0v) is 32.4. The van der Waals surface area contributed by atoms with E-state index < -0.39 is 17.9 Å². The van der Waals surface area contributed by atoms with Crippen LogP contribution in [0.3, 0.4) is 0 Å². The quantitative estimate of drug-likeness (QED) is 0.0690. The van der Waals surface area contributed by atoms with Gasteiger partial charge in [0.1, 0.15) is 0 Å². The zero-order chi connectivity index (χ0) is 31.9. The topological polar surface area (TPSA) is 120 Å². The first kappa shape index (κ1) is 49.6. The summed E-state index contributed by atoms with van der Waals surface area (Å²) >= 11 is 0. The van der Waals surface area contributed by atoms with Gasteiger partial charge in [-0.2, -0.15) is 0 Å². The van der Waals surface area contributed by atoms with Crippen molar-refractivity contribution in [2.75, 3.05) is 0 Å². The van der Waals surface area contributed by atoms with E-state index >= 15 is 0 Å². The second-order valence-corrected chi connectivity index (χ2v) is 11.9. The predicted octanol–water partition coefficient (Wildman–Crippen LogP) is 7.97. The summed E-state index contributed by atoms with van der Waals surface area (Å²) in [6.07, 6.45) is 33.5. The molecule has 0 aliphatic heterocycles. The van der Waals surface area contributed by atoms with E-state index in [0.29, 0.717) is 0 Å². The number of hydrogen-bond acceptors (Lipinski definition) is 6. The molecule has 6 nitrogen and oxygen atoms in total. The van der Waals surface area contributed by atoms with Gasteiger partial charge in [0.05, 0.1) is 0 Å². The van der Waals surface area contributed by atoms with Gasteiger partial charge in [-0.15, -0.1) is 0 Å². The minimum atomic E-state index is -0.909. The Balaban J connectivity index is -0.000000262. The van der Waals surface area contributed by atoms with Crippen LogP contribution in [0.15, 0.2) is 0 Å². The molecular formula is C36H69O6Pr. The average molecular weight is 739 g/mol. The Morgan fingerprint density at radius 1 is 0.302 bits per heavy atom. The van der Waals surface area contributed by atoms with Crippen LogP contribution in [-0.4, -0.2) is 17.9 Å². The summed E-state index contributed by atoms with van der Waals surface area (Å²) in [5, 5.41) is 30.3. The number of carboxylic acid groups (broad SMARTS) is 3. The van der Waals surface area contributed by atoms with E-state index in [1.165, 1.54) is 135 Å². The van der Waals surface area contributed by atoms with Crippen molar-refractivity contribution in [3.05, 3.63) is 0 Å². The first-order chi connectivity index (χ1) is 20.3. The van der Waals surface area contributed by atoms with Crippen molar-refractivity contribution in [2.24, 2.45) is 0 Å². The van der Waals surface area contributed by atoms with Crippen molar-refractivity contribution in [3.8, 4) is 0 Å². The molecule has 252 valence electrons. The second-order valence-electron chi connectivity index (χ2n) is 11.9. The summed E-state index contributed by atoms with van der Waals surface area (Å²) in [6, 6.07) is 0. The molecule has 0 heterocycles. The summed E-state index contributed by atoms with van der Waals surface area (Å²) in [7, 11) is 0. The maximum Gasteiger partial charge on any atom is 3.00 e. The summed E-state index contributed by atoms with van der Waals surface area (Å²) in [4.78, 5) is 30.3. The Kier molecular flexibility index (Phi) is 53.3. The van der Waals surface area contributed by atoms with Gasteiger partial charge in [0, 0.05) is 17.9 Å². The summed E-state index contributed by atoms with van der Waals surface area (Å²) < 4.78 is 0. The van der Waals surface area contributed by atoms with Gasteiger partial charge in [0.2, 0.25) is 0 Å². The molecule has 0 amide bonds. The monoisotopic (exact) mass is 738 g/mol. The summed E-state index contributed by atoms with van der Waals surface area (Å²) in [6.45, 7) is 6.67. The van der Waals surface area contributed by atoms with E-state index in [2.05, 4.69) is 20.8 Å². The molecule has 0 rings (SSSR count). The number of carboxylic acids is 3. The van der Waals surface area contributed by atoms with Crippen LogP contribution in [0.1, 0.15) is 213 Å². The van der Waals surface area contributed by atoms with Gasteiger partial charge in [-0.3, -0.25) is 0 Å². The Hall–Kier alpha value is -0.226. The molecule has 0 spiro atoms. The van der Waals surface area contributed by atoms with E-state index in [9.17, 15) is 29.7 Å². The molecule has 7 heteroatoms. The van der Waals surface area contributed by atoms with E-state index in [0.717, 1.165) is 38.5 Å². The maximum absolute atomic E-state index is 10.1. The molecule has 0 aromatic rings. The fourth-order valence-electron chi connectivity index (χ4n) is 4.74. The van der Waals surface area contributed by atoms with Gasteiger partial charge < -0.3 is 29.7 Å². The van der Waals surface area contributed by atoms with Crippen LogP contribution < -0.4 is 15.3 Å². The molecule has 0 N–H and O–H groups in total. The Morgan fingerprint density at radius 3 is 0.581 bits per heavy atom. The smallest absolute Gasteiger partial charge is 0.550 e. The zero-order valence-electron chi connectivity index (χ0n) is 28.7. The minimum Gasteiger partial charge on any atom is -0.550 e. The van der Waals surface area contributed by atoms with Gasteiger partial charge in [0.15, 0.2) is 0 Å². The van der Waals surface area contributed by atoms with Gasteiger partial charge in [-0.25, -0.2) is 0 Å². The third-order valence-corrected chi connectivity index (χ3v) is 7.45. The number of unbranched alkanes of at least 4 members (excludes halogenated alkanes) is 24. The SMILES string of the molecule is CCCCCCCCCCCC(=O)[O-].CCCCCCCCCCCC(=O)[O-].CCCCCCCCCCCC(=O)[O-].[Pr+3]. The largest absolute Gasteiger partial charge is 3.00 e. The Bertz CT molecular complexity index is 480. The molecule has 0 bridgehead atoms. The van der Waals surface area contributed by atoms with E-state index in [1.807, 2.05) is 0 Å². The molecule has 0 aromatic heterocycles. The van der Waals surface area contributed by atoms with Crippen molar-refractivity contribution in [1.29, 1.82) is 0 Å². The Morgan fingerprint density at radius 2 is 0.442 bits per heavy atom. The fraction of sp³-hybridized carbons (Fsp3) is 0.917. The molecule has 0 aliphatic carbocycles. The first-order valence-corrected chi connectivity index (χ1v) is 17.9. The summed E-state index contributed by atoms with van der Waals surface area (Å²) in [5.41, 5.74) is 0. The number of hydrogen-bond donors (Lipinski definition) is 0.